The normalized spacial score (nSPS) is 15.1. The highest BCUT2D eigenvalue weighted by molar-refractivity contribution is 5.33. The number of likely N-dealkylation sites (N-methyl/N-ethyl adjacent to an activating group) is 1. The summed E-state index contributed by atoms with van der Waals surface area (Å²) in [5.41, 5.74) is 2.34. The van der Waals surface area contributed by atoms with Gasteiger partial charge in [0.05, 0.1) is 5.69 Å². The van der Waals surface area contributed by atoms with E-state index in [1.54, 1.807) is 0 Å². The first-order valence-electron chi connectivity index (χ1n) is 7.22. The zero-order valence-electron chi connectivity index (χ0n) is 13.0. The van der Waals surface area contributed by atoms with Gasteiger partial charge in [-0.3, -0.25) is 4.40 Å². The van der Waals surface area contributed by atoms with E-state index in [0.29, 0.717) is 5.92 Å². The first-order chi connectivity index (χ1) is 9.22. The lowest BCUT2D eigenvalue weighted by Gasteiger charge is -2.34. The van der Waals surface area contributed by atoms with E-state index >= 15 is 0 Å². The molecule has 0 aromatic carbocycles. The van der Waals surface area contributed by atoms with Crippen molar-refractivity contribution in [3.05, 3.63) is 29.8 Å². The summed E-state index contributed by atoms with van der Waals surface area (Å²) in [5, 5.41) is 0. The maximum atomic E-state index is 4.54. The molecule has 1 aliphatic heterocycles. The van der Waals surface area contributed by atoms with E-state index in [1.807, 2.05) is 45.2 Å². The fourth-order valence-electron chi connectivity index (χ4n) is 2.09. The lowest BCUT2D eigenvalue weighted by atomic mass is 9.98. The van der Waals surface area contributed by atoms with E-state index in [9.17, 15) is 0 Å². The molecule has 0 atom stereocenters. The van der Waals surface area contributed by atoms with Gasteiger partial charge >= 0.3 is 0 Å². The molecule has 3 rings (SSSR count). The van der Waals surface area contributed by atoms with E-state index in [-0.39, 0.29) is 0 Å². The minimum Gasteiger partial charge on any atom is -0.305 e. The number of hydrogen-bond acceptors (Lipinski definition) is 3. The molecule has 19 heavy (non-hydrogen) atoms. The molecule has 2 aromatic heterocycles. The fraction of sp³-hybridized carbons (Fsp3) is 0.600. The quantitative estimate of drug-likeness (QED) is 0.791. The van der Waals surface area contributed by atoms with Gasteiger partial charge in [0.15, 0.2) is 0 Å². The Morgan fingerprint density at radius 3 is 2.32 bits per heavy atom. The molecule has 1 saturated heterocycles. The van der Waals surface area contributed by atoms with Crippen LogP contribution in [0.4, 0.5) is 0 Å². The van der Waals surface area contributed by atoms with Gasteiger partial charge in [0.25, 0.3) is 0 Å². The van der Waals surface area contributed by atoms with Gasteiger partial charge in [-0.15, -0.1) is 0 Å². The Kier molecular flexibility index (Phi) is 5.96. The van der Waals surface area contributed by atoms with Gasteiger partial charge in [0.1, 0.15) is 0 Å². The van der Waals surface area contributed by atoms with Crippen LogP contribution in [0.25, 0.3) is 5.78 Å². The summed E-state index contributed by atoms with van der Waals surface area (Å²) in [6.07, 6.45) is 6.03. The number of likely N-dealkylation sites (tertiary alicyclic amines) is 1. The van der Waals surface area contributed by atoms with Crippen molar-refractivity contribution >= 4 is 5.78 Å². The van der Waals surface area contributed by atoms with Gasteiger partial charge < -0.3 is 4.90 Å². The highest BCUT2D eigenvalue weighted by Gasteiger charge is 2.27. The molecule has 0 radical (unpaired) electrons. The summed E-state index contributed by atoms with van der Waals surface area (Å²) in [4.78, 5) is 11.1. The Hall–Kier alpha value is -1.42. The summed E-state index contributed by atoms with van der Waals surface area (Å²) in [6, 6.07) is 0. The minimum absolute atomic E-state index is 0.594. The molecule has 3 heterocycles. The Morgan fingerprint density at radius 1 is 1.11 bits per heavy atom. The number of hydrogen-bond donors (Lipinski definition) is 0. The van der Waals surface area contributed by atoms with Crippen LogP contribution in [0, 0.1) is 6.92 Å². The van der Waals surface area contributed by atoms with Gasteiger partial charge in [-0.1, -0.05) is 27.7 Å². The molecule has 0 bridgehead atoms. The average Bonchev–Trinajstić information content (AvgIpc) is 2.82. The number of rotatable bonds is 1. The molecule has 2 aromatic rings. The summed E-state index contributed by atoms with van der Waals surface area (Å²) in [6.45, 7) is 12.3. The van der Waals surface area contributed by atoms with Gasteiger partial charge in [-0.05, 0) is 19.5 Å². The Balaban J connectivity index is 0.000000415. The van der Waals surface area contributed by atoms with Crippen molar-refractivity contribution in [1.29, 1.82) is 0 Å². The van der Waals surface area contributed by atoms with Crippen molar-refractivity contribution in [3.8, 4) is 0 Å². The zero-order chi connectivity index (χ0) is 14.4. The average molecular weight is 262 g/mol. The molecule has 0 aliphatic carbocycles. The Bertz CT molecular complexity index is 498. The topological polar surface area (TPSA) is 33.4 Å². The predicted molar refractivity (Wildman–Crippen MR) is 80.7 cm³/mol. The molecule has 0 saturated carbocycles. The van der Waals surface area contributed by atoms with Crippen LogP contribution >= 0.6 is 0 Å². The van der Waals surface area contributed by atoms with Gasteiger partial charge in [-0.25, -0.2) is 9.97 Å². The van der Waals surface area contributed by atoms with Crippen LogP contribution in [-0.4, -0.2) is 39.4 Å². The molecule has 1 aliphatic rings. The third kappa shape index (κ3) is 3.53. The van der Waals surface area contributed by atoms with Gasteiger partial charge in [0, 0.05) is 37.6 Å². The molecule has 0 amide bonds. The van der Waals surface area contributed by atoms with E-state index in [2.05, 4.69) is 34.3 Å². The molecule has 0 spiro atoms. The Morgan fingerprint density at radius 2 is 1.74 bits per heavy atom. The summed E-state index contributed by atoms with van der Waals surface area (Å²) in [5.74, 6) is 1.40. The standard InChI is InChI=1S/C11H14N4.2C2H6/c1-8-3-12-11-13-10(7-15(11)4-8)9-5-14(2)6-9;2*1-2/h3-4,7,9H,5-6H2,1-2H3;2*1-2H3. The third-order valence-electron chi connectivity index (χ3n) is 2.94. The second-order valence-corrected chi connectivity index (χ2v) is 4.42. The largest absolute Gasteiger partial charge is 0.305 e. The minimum atomic E-state index is 0.594. The smallest absolute Gasteiger partial charge is 0.233 e. The van der Waals surface area contributed by atoms with Crippen LogP contribution in [0.5, 0.6) is 0 Å². The van der Waals surface area contributed by atoms with Crippen molar-refractivity contribution < 1.29 is 0 Å². The van der Waals surface area contributed by atoms with Crippen molar-refractivity contribution in [3.63, 3.8) is 0 Å². The number of aryl methyl sites for hydroxylation is 1. The van der Waals surface area contributed by atoms with Crippen LogP contribution in [0.15, 0.2) is 18.6 Å². The highest BCUT2D eigenvalue weighted by atomic mass is 15.2. The molecule has 106 valence electrons. The number of imidazole rings is 1. The lowest BCUT2D eigenvalue weighted by molar-refractivity contribution is 0.187. The van der Waals surface area contributed by atoms with Gasteiger partial charge in [0.2, 0.25) is 5.78 Å². The van der Waals surface area contributed by atoms with Gasteiger partial charge in [-0.2, -0.15) is 0 Å². The third-order valence-corrected chi connectivity index (χ3v) is 2.94. The second kappa shape index (κ2) is 7.24. The van der Waals surface area contributed by atoms with Crippen LogP contribution in [-0.2, 0) is 0 Å². The van der Waals surface area contributed by atoms with Crippen molar-refractivity contribution in [2.45, 2.75) is 40.5 Å². The first kappa shape index (κ1) is 15.6. The van der Waals surface area contributed by atoms with Crippen LogP contribution in [0.1, 0.15) is 44.9 Å². The molecule has 4 nitrogen and oxygen atoms in total. The molecular weight excluding hydrogens is 236 g/mol. The van der Waals surface area contributed by atoms with Crippen molar-refractivity contribution in [2.75, 3.05) is 20.1 Å². The number of nitrogens with zero attached hydrogens (tertiary/aromatic N) is 4. The SMILES string of the molecule is CC.CC.Cc1cnc2nc(C3CN(C)C3)cn2c1. The summed E-state index contributed by atoms with van der Waals surface area (Å²) in [7, 11) is 2.13. The van der Waals surface area contributed by atoms with Crippen molar-refractivity contribution in [2.24, 2.45) is 0 Å². The molecule has 0 unspecified atom stereocenters. The maximum Gasteiger partial charge on any atom is 0.233 e. The lowest BCUT2D eigenvalue weighted by Crippen LogP contribution is -2.41. The van der Waals surface area contributed by atoms with E-state index < -0.39 is 0 Å². The van der Waals surface area contributed by atoms with E-state index in [0.717, 1.165) is 24.4 Å². The van der Waals surface area contributed by atoms with Crippen LogP contribution in [0.3, 0.4) is 0 Å². The molecule has 0 N–H and O–H groups in total. The fourth-order valence-corrected chi connectivity index (χ4v) is 2.09. The number of aromatic nitrogens is 3. The predicted octanol–water partition coefficient (Wildman–Crippen LogP) is 3.12. The van der Waals surface area contributed by atoms with E-state index in [1.165, 1.54) is 5.69 Å². The monoisotopic (exact) mass is 262 g/mol. The van der Waals surface area contributed by atoms with Crippen LogP contribution in [0.2, 0.25) is 0 Å². The Labute approximate surface area is 116 Å². The molecule has 1 fully saturated rings. The van der Waals surface area contributed by atoms with Crippen LogP contribution < -0.4 is 0 Å². The van der Waals surface area contributed by atoms with E-state index in [4.69, 9.17) is 0 Å². The van der Waals surface area contributed by atoms with Crippen molar-refractivity contribution in [1.82, 2.24) is 19.3 Å². The zero-order valence-corrected chi connectivity index (χ0v) is 13.0. The number of fused-ring (bicyclic) bond motifs is 1. The first-order valence-corrected chi connectivity index (χ1v) is 7.22. The summed E-state index contributed by atoms with van der Waals surface area (Å²) >= 11 is 0. The summed E-state index contributed by atoms with van der Waals surface area (Å²) < 4.78 is 2.02. The highest BCUT2D eigenvalue weighted by Crippen LogP contribution is 2.24. The molecule has 4 heteroatoms. The maximum absolute atomic E-state index is 4.54. The molecular formula is C15H26N4. The second-order valence-electron chi connectivity index (χ2n) is 4.42.